The zero-order chi connectivity index (χ0) is 36.3. The van der Waals surface area contributed by atoms with E-state index in [2.05, 4.69) is 216 Å². The topological polar surface area (TPSA) is 8.17 Å². The molecule has 55 heavy (non-hydrogen) atoms. The number of nitrogens with zero attached hydrogens (tertiary/aromatic N) is 2. The fourth-order valence-corrected chi connectivity index (χ4v) is 9.50. The highest BCUT2D eigenvalue weighted by Gasteiger charge is 2.20. The third-order valence-corrected chi connectivity index (χ3v) is 12.1. The van der Waals surface area contributed by atoms with Gasteiger partial charge >= 0.3 is 0 Å². The van der Waals surface area contributed by atoms with E-state index in [4.69, 9.17) is 0 Å². The number of fused-ring (bicyclic) bond motifs is 8. The van der Waals surface area contributed by atoms with Gasteiger partial charge in [0.25, 0.3) is 0 Å². The number of hydrogen-bond acceptors (Lipinski definition) is 2. The van der Waals surface area contributed by atoms with Gasteiger partial charge < -0.3 is 9.47 Å². The predicted molar refractivity (Wildman–Crippen MR) is 237 cm³/mol. The minimum absolute atomic E-state index is 1.12. The fraction of sp³-hybridized carbons (Fsp3) is 0. The maximum atomic E-state index is 2.47. The van der Waals surface area contributed by atoms with Gasteiger partial charge in [0.2, 0.25) is 0 Å². The van der Waals surface area contributed by atoms with E-state index in [0.717, 1.165) is 17.1 Å². The molecule has 258 valence electrons. The molecule has 0 saturated heterocycles. The Morgan fingerprint density at radius 3 is 1.78 bits per heavy atom. The van der Waals surface area contributed by atoms with Crippen molar-refractivity contribution in [2.45, 2.75) is 0 Å². The first-order chi connectivity index (χ1) is 27.3. The molecule has 11 rings (SSSR count). The summed E-state index contributed by atoms with van der Waals surface area (Å²) in [5.74, 6) is 0. The van der Waals surface area contributed by atoms with E-state index in [1.54, 1.807) is 0 Å². The summed E-state index contributed by atoms with van der Waals surface area (Å²) in [7, 11) is 0. The van der Waals surface area contributed by atoms with Gasteiger partial charge in [-0.1, -0.05) is 133 Å². The Hall–Kier alpha value is -6.94. The van der Waals surface area contributed by atoms with E-state index in [1.807, 2.05) is 11.3 Å². The molecule has 2 heterocycles. The minimum Gasteiger partial charge on any atom is -0.310 e. The van der Waals surface area contributed by atoms with Crippen LogP contribution in [0.4, 0.5) is 17.1 Å². The lowest BCUT2D eigenvalue weighted by Crippen LogP contribution is -2.10. The van der Waals surface area contributed by atoms with Gasteiger partial charge in [-0.2, -0.15) is 0 Å². The third-order valence-electron chi connectivity index (χ3n) is 11.0. The predicted octanol–water partition coefficient (Wildman–Crippen LogP) is 15.1. The van der Waals surface area contributed by atoms with Crippen molar-refractivity contribution in [3.8, 4) is 27.9 Å². The van der Waals surface area contributed by atoms with E-state index in [9.17, 15) is 0 Å². The second kappa shape index (κ2) is 12.9. The van der Waals surface area contributed by atoms with E-state index < -0.39 is 0 Å². The maximum absolute atomic E-state index is 2.47. The first-order valence-electron chi connectivity index (χ1n) is 18.8. The van der Waals surface area contributed by atoms with Gasteiger partial charge in [-0.05, 0) is 100 Å². The Morgan fingerprint density at radius 1 is 0.382 bits per heavy atom. The average Bonchev–Trinajstić information content (AvgIpc) is 3.80. The van der Waals surface area contributed by atoms with Gasteiger partial charge in [0.05, 0.1) is 16.7 Å². The largest absolute Gasteiger partial charge is 0.310 e. The van der Waals surface area contributed by atoms with E-state index >= 15 is 0 Å². The highest BCUT2D eigenvalue weighted by atomic mass is 32.1. The summed E-state index contributed by atoms with van der Waals surface area (Å²) in [4.78, 5) is 2.37. The van der Waals surface area contributed by atoms with Crippen LogP contribution in [-0.4, -0.2) is 4.57 Å². The Bertz CT molecular complexity index is 3170. The summed E-state index contributed by atoms with van der Waals surface area (Å²) in [6.45, 7) is 0. The van der Waals surface area contributed by atoms with Crippen molar-refractivity contribution >= 4 is 81.1 Å². The number of hydrogen-bond donors (Lipinski definition) is 0. The molecule has 0 atom stereocenters. The summed E-state index contributed by atoms with van der Waals surface area (Å²) in [5, 5.41) is 7.59. The fourth-order valence-electron chi connectivity index (χ4n) is 8.41. The van der Waals surface area contributed by atoms with Crippen molar-refractivity contribution in [1.29, 1.82) is 0 Å². The van der Waals surface area contributed by atoms with Crippen LogP contribution in [0.3, 0.4) is 0 Å². The molecular formula is C52H34N2S. The van der Waals surface area contributed by atoms with Gasteiger partial charge in [-0.15, -0.1) is 11.3 Å². The summed E-state index contributed by atoms with van der Waals surface area (Å²) >= 11 is 1.88. The molecule has 0 fully saturated rings. The monoisotopic (exact) mass is 718 g/mol. The number of benzene rings is 9. The average molecular weight is 719 g/mol. The van der Waals surface area contributed by atoms with Crippen molar-refractivity contribution in [1.82, 2.24) is 4.57 Å². The molecule has 0 N–H and O–H groups in total. The van der Waals surface area contributed by atoms with Crippen LogP contribution in [-0.2, 0) is 0 Å². The van der Waals surface area contributed by atoms with E-state index in [-0.39, 0.29) is 0 Å². The molecule has 11 aromatic rings. The van der Waals surface area contributed by atoms with Gasteiger partial charge in [-0.25, -0.2) is 0 Å². The molecule has 0 unspecified atom stereocenters. The molecule has 3 heteroatoms. The summed E-state index contributed by atoms with van der Waals surface area (Å²) in [6.07, 6.45) is 0. The van der Waals surface area contributed by atoms with Gasteiger partial charge in [0, 0.05) is 53.4 Å². The molecule has 0 bridgehead atoms. The van der Waals surface area contributed by atoms with Crippen molar-refractivity contribution in [2.24, 2.45) is 0 Å². The minimum atomic E-state index is 1.12. The lowest BCUT2D eigenvalue weighted by Gasteiger charge is -2.27. The number of para-hydroxylation sites is 2. The first-order valence-corrected chi connectivity index (χ1v) is 19.6. The van der Waals surface area contributed by atoms with Crippen molar-refractivity contribution in [3.63, 3.8) is 0 Å². The van der Waals surface area contributed by atoms with Crippen molar-refractivity contribution < 1.29 is 0 Å². The Labute approximate surface area is 323 Å². The lowest BCUT2D eigenvalue weighted by molar-refractivity contribution is 1.19. The van der Waals surface area contributed by atoms with E-state index in [0.29, 0.717) is 0 Å². The van der Waals surface area contributed by atoms with Crippen molar-refractivity contribution in [3.05, 3.63) is 206 Å². The van der Waals surface area contributed by atoms with Crippen LogP contribution in [0.25, 0.3) is 80.7 Å². The van der Waals surface area contributed by atoms with Crippen molar-refractivity contribution in [2.75, 3.05) is 4.90 Å². The smallest absolute Gasteiger partial charge is 0.0634 e. The normalized spacial score (nSPS) is 11.6. The molecule has 0 aliphatic carbocycles. The van der Waals surface area contributed by atoms with Crippen LogP contribution < -0.4 is 4.90 Å². The number of rotatable bonds is 6. The second-order valence-electron chi connectivity index (χ2n) is 14.1. The third kappa shape index (κ3) is 5.24. The molecule has 0 aliphatic rings. The molecule has 0 spiro atoms. The number of thiophene rings is 1. The molecule has 9 aromatic carbocycles. The van der Waals surface area contributed by atoms with Crippen LogP contribution in [0, 0.1) is 0 Å². The summed E-state index contributed by atoms with van der Waals surface area (Å²) in [5.41, 5.74) is 11.9. The first kappa shape index (κ1) is 31.6. The highest BCUT2D eigenvalue weighted by molar-refractivity contribution is 7.26. The van der Waals surface area contributed by atoms with Crippen LogP contribution >= 0.6 is 11.3 Å². The van der Waals surface area contributed by atoms with E-state index in [1.165, 1.54) is 80.7 Å². The standard InChI is InChI=1S/C52H34N2S/c1-4-13-35(14-5-1)38-25-30-48-45(33-38)44-29-32-50-51(52(44)54(48)41-19-8-3-9-20-41)46-34-39(26-31-49(46)55-50)36-23-27-42(28-24-36)53(40-17-6-2-7-18-40)47-22-12-16-37-15-10-11-21-43(37)47/h1-34H. The van der Waals surface area contributed by atoms with Crippen LogP contribution in [0.5, 0.6) is 0 Å². The van der Waals surface area contributed by atoms with Crippen LogP contribution in [0.2, 0.25) is 0 Å². The molecule has 2 nitrogen and oxygen atoms in total. The van der Waals surface area contributed by atoms with Gasteiger partial charge in [-0.3, -0.25) is 0 Å². The molecule has 0 aliphatic heterocycles. The highest BCUT2D eigenvalue weighted by Crippen LogP contribution is 2.45. The maximum Gasteiger partial charge on any atom is 0.0634 e. The van der Waals surface area contributed by atoms with Crippen LogP contribution in [0.1, 0.15) is 0 Å². The molecule has 0 amide bonds. The Balaban J connectivity index is 1.08. The molecule has 0 radical (unpaired) electrons. The second-order valence-corrected chi connectivity index (χ2v) is 15.2. The molecule has 0 saturated carbocycles. The van der Waals surface area contributed by atoms with Gasteiger partial charge in [0.1, 0.15) is 0 Å². The summed E-state index contributed by atoms with van der Waals surface area (Å²) < 4.78 is 5.07. The van der Waals surface area contributed by atoms with Gasteiger partial charge in [0.15, 0.2) is 0 Å². The lowest BCUT2D eigenvalue weighted by atomic mass is 10.0. The Morgan fingerprint density at radius 2 is 0.982 bits per heavy atom. The molecule has 2 aromatic heterocycles. The zero-order valence-electron chi connectivity index (χ0n) is 29.9. The quantitative estimate of drug-likeness (QED) is 0.166. The number of anilines is 3. The summed E-state index contributed by atoms with van der Waals surface area (Å²) in [6, 6.07) is 75.0. The zero-order valence-corrected chi connectivity index (χ0v) is 30.7. The SMILES string of the molecule is c1ccc(-c2ccc3c(c2)c2ccc4sc5ccc(-c6ccc(N(c7ccccc7)c7cccc8ccccc78)cc6)cc5c4c2n3-c2ccccc2)cc1. The Kier molecular flexibility index (Phi) is 7.39. The van der Waals surface area contributed by atoms with Crippen LogP contribution in [0.15, 0.2) is 206 Å². The number of aromatic nitrogens is 1. The molecular weight excluding hydrogens is 685 g/mol.